The minimum Gasteiger partial charge on any atom is -0.493 e. The second-order valence-electron chi connectivity index (χ2n) is 6.63. The van der Waals surface area contributed by atoms with Crippen LogP contribution >= 0.6 is 0 Å². The molecule has 1 fully saturated rings. The lowest BCUT2D eigenvalue weighted by atomic mass is 10.1. The van der Waals surface area contributed by atoms with Crippen LogP contribution in [0.5, 0.6) is 5.75 Å². The van der Waals surface area contributed by atoms with E-state index >= 15 is 0 Å². The Bertz CT molecular complexity index is 514. The van der Waals surface area contributed by atoms with E-state index in [-0.39, 0.29) is 6.09 Å². The van der Waals surface area contributed by atoms with Crippen molar-refractivity contribution in [1.82, 2.24) is 9.88 Å². The van der Waals surface area contributed by atoms with Crippen LogP contribution in [0.1, 0.15) is 33.6 Å². The van der Waals surface area contributed by atoms with E-state index in [4.69, 9.17) is 15.2 Å². The van der Waals surface area contributed by atoms with E-state index in [0.717, 1.165) is 31.7 Å². The van der Waals surface area contributed by atoms with E-state index in [1.165, 1.54) is 0 Å². The molecule has 6 heteroatoms. The Morgan fingerprint density at radius 1 is 1.50 bits per heavy atom. The Morgan fingerprint density at radius 2 is 2.27 bits per heavy atom. The first-order valence-corrected chi connectivity index (χ1v) is 7.66. The highest BCUT2D eigenvalue weighted by molar-refractivity contribution is 5.68. The molecule has 0 bridgehead atoms. The summed E-state index contributed by atoms with van der Waals surface area (Å²) in [5.41, 5.74) is 5.16. The number of hydrogen-bond acceptors (Lipinski definition) is 5. The van der Waals surface area contributed by atoms with Crippen molar-refractivity contribution in [2.45, 2.75) is 39.2 Å². The third kappa shape index (κ3) is 5.09. The lowest BCUT2D eigenvalue weighted by Gasteiger charge is -2.24. The first-order chi connectivity index (χ1) is 10.3. The van der Waals surface area contributed by atoms with Crippen LogP contribution in [0.25, 0.3) is 0 Å². The molecule has 1 aliphatic heterocycles. The minimum atomic E-state index is -0.445. The van der Waals surface area contributed by atoms with Crippen molar-refractivity contribution in [3.63, 3.8) is 0 Å². The molecule has 6 nitrogen and oxygen atoms in total. The molecule has 2 rings (SSSR count). The predicted molar refractivity (Wildman–Crippen MR) is 84.7 cm³/mol. The number of nitrogen functional groups attached to an aromatic ring is 1. The van der Waals surface area contributed by atoms with Gasteiger partial charge in [0.25, 0.3) is 0 Å². The smallest absolute Gasteiger partial charge is 0.410 e. The van der Waals surface area contributed by atoms with Gasteiger partial charge in [-0.05, 0) is 45.6 Å². The van der Waals surface area contributed by atoms with Crippen molar-refractivity contribution < 1.29 is 14.3 Å². The second kappa shape index (κ2) is 6.85. The fraction of sp³-hybridized carbons (Fsp3) is 0.625. The van der Waals surface area contributed by atoms with Crippen LogP contribution in [0, 0.1) is 5.92 Å². The minimum absolute atomic E-state index is 0.224. The number of aromatic nitrogens is 1. The van der Waals surface area contributed by atoms with E-state index in [1.807, 2.05) is 20.8 Å². The normalized spacial score (nSPS) is 18.3. The van der Waals surface area contributed by atoms with Gasteiger partial charge in [0.1, 0.15) is 17.2 Å². The monoisotopic (exact) mass is 307 g/mol. The van der Waals surface area contributed by atoms with Gasteiger partial charge >= 0.3 is 6.09 Å². The third-order valence-corrected chi connectivity index (χ3v) is 3.48. The van der Waals surface area contributed by atoms with E-state index in [0.29, 0.717) is 18.3 Å². The molecule has 1 aromatic rings. The van der Waals surface area contributed by atoms with Crippen LogP contribution in [-0.4, -0.2) is 41.3 Å². The van der Waals surface area contributed by atoms with Gasteiger partial charge in [-0.25, -0.2) is 9.78 Å². The first kappa shape index (κ1) is 16.4. The SMILES string of the molecule is CC(C)(C)OC(=O)N1CCC(CCOc2ccnc(N)c2)C1. The largest absolute Gasteiger partial charge is 0.493 e. The number of carbonyl (C=O) groups excluding carboxylic acids is 1. The van der Waals surface area contributed by atoms with Crippen molar-refractivity contribution in [2.24, 2.45) is 5.92 Å². The molecule has 0 aliphatic carbocycles. The van der Waals surface area contributed by atoms with Gasteiger partial charge in [0.05, 0.1) is 6.61 Å². The molecule has 0 aromatic carbocycles. The Hall–Kier alpha value is -1.98. The lowest BCUT2D eigenvalue weighted by Crippen LogP contribution is -2.35. The van der Waals surface area contributed by atoms with E-state index in [9.17, 15) is 4.79 Å². The highest BCUT2D eigenvalue weighted by atomic mass is 16.6. The summed E-state index contributed by atoms with van der Waals surface area (Å²) in [6.45, 7) is 7.74. The summed E-state index contributed by atoms with van der Waals surface area (Å²) in [5, 5.41) is 0. The average Bonchev–Trinajstić information content (AvgIpc) is 2.86. The van der Waals surface area contributed by atoms with Crippen LogP contribution in [0.2, 0.25) is 0 Å². The first-order valence-electron chi connectivity index (χ1n) is 7.66. The number of rotatable bonds is 4. The Kier molecular flexibility index (Phi) is 5.11. The molecule has 0 spiro atoms. The van der Waals surface area contributed by atoms with Gasteiger partial charge in [-0.15, -0.1) is 0 Å². The zero-order valence-corrected chi connectivity index (χ0v) is 13.5. The van der Waals surface area contributed by atoms with Gasteiger partial charge in [0.15, 0.2) is 0 Å². The molecular formula is C16H25N3O3. The van der Waals surface area contributed by atoms with Crippen molar-refractivity contribution in [3.8, 4) is 5.75 Å². The molecule has 0 radical (unpaired) electrons. The molecule has 1 aromatic heterocycles. The maximum absolute atomic E-state index is 12.0. The van der Waals surface area contributed by atoms with Gasteiger partial charge in [0.2, 0.25) is 0 Å². The molecular weight excluding hydrogens is 282 g/mol. The van der Waals surface area contributed by atoms with Crippen molar-refractivity contribution in [1.29, 1.82) is 0 Å². The summed E-state index contributed by atoms with van der Waals surface area (Å²) in [4.78, 5) is 17.7. The molecule has 0 saturated carbocycles. The fourth-order valence-electron chi connectivity index (χ4n) is 2.42. The fourth-order valence-corrected chi connectivity index (χ4v) is 2.42. The number of ether oxygens (including phenoxy) is 2. The van der Waals surface area contributed by atoms with Crippen LogP contribution in [0.3, 0.4) is 0 Å². The predicted octanol–water partition coefficient (Wildman–Crippen LogP) is 2.69. The molecule has 2 heterocycles. The van der Waals surface area contributed by atoms with Crippen LogP contribution in [0.4, 0.5) is 10.6 Å². The standard InChI is InChI=1S/C16H25N3O3/c1-16(2,3)22-15(20)19-8-5-12(11-19)6-9-21-13-4-7-18-14(17)10-13/h4,7,10,12H,5-6,8-9,11H2,1-3H3,(H2,17,18). The second-order valence-corrected chi connectivity index (χ2v) is 6.63. The molecule has 1 saturated heterocycles. The number of likely N-dealkylation sites (tertiary alicyclic amines) is 1. The van der Waals surface area contributed by atoms with Crippen molar-refractivity contribution >= 4 is 11.9 Å². The number of amides is 1. The molecule has 22 heavy (non-hydrogen) atoms. The molecule has 1 unspecified atom stereocenters. The summed E-state index contributed by atoms with van der Waals surface area (Å²) in [5.74, 6) is 1.63. The summed E-state index contributed by atoms with van der Waals surface area (Å²) < 4.78 is 11.1. The number of pyridine rings is 1. The molecule has 2 N–H and O–H groups in total. The Labute approximate surface area is 131 Å². The topological polar surface area (TPSA) is 77.7 Å². The maximum Gasteiger partial charge on any atom is 0.410 e. The summed E-state index contributed by atoms with van der Waals surface area (Å²) in [6, 6.07) is 3.50. The number of nitrogens with zero attached hydrogens (tertiary/aromatic N) is 2. The zero-order valence-electron chi connectivity index (χ0n) is 13.5. The number of anilines is 1. The average molecular weight is 307 g/mol. The molecule has 122 valence electrons. The number of nitrogens with two attached hydrogens (primary N) is 1. The highest BCUT2D eigenvalue weighted by Gasteiger charge is 2.29. The summed E-state index contributed by atoms with van der Waals surface area (Å²) >= 11 is 0. The van der Waals surface area contributed by atoms with Gasteiger partial charge in [-0.3, -0.25) is 0 Å². The number of carbonyl (C=O) groups is 1. The van der Waals surface area contributed by atoms with E-state index in [2.05, 4.69) is 4.98 Å². The van der Waals surface area contributed by atoms with E-state index < -0.39 is 5.60 Å². The lowest BCUT2D eigenvalue weighted by molar-refractivity contribution is 0.0286. The molecule has 1 amide bonds. The number of hydrogen-bond donors (Lipinski definition) is 1. The van der Waals surface area contributed by atoms with Crippen molar-refractivity contribution in [3.05, 3.63) is 18.3 Å². The maximum atomic E-state index is 12.0. The highest BCUT2D eigenvalue weighted by Crippen LogP contribution is 2.22. The van der Waals surface area contributed by atoms with Crippen LogP contribution < -0.4 is 10.5 Å². The van der Waals surface area contributed by atoms with Gasteiger partial charge in [-0.2, -0.15) is 0 Å². The quantitative estimate of drug-likeness (QED) is 0.925. The van der Waals surface area contributed by atoms with E-state index in [1.54, 1.807) is 23.2 Å². The summed E-state index contributed by atoms with van der Waals surface area (Å²) in [6.07, 6.45) is 3.30. The van der Waals surface area contributed by atoms with Gasteiger partial charge in [-0.1, -0.05) is 0 Å². The zero-order chi connectivity index (χ0) is 16.2. The summed E-state index contributed by atoms with van der Waals surface area (Å²) in [7, 11) is 0. The van der Waals surface area contributed by atoms with Crippen LogP contribution in [0.15, 0.2) is 18.3 Å². The third-order valence-electron chi connectivity index (χ3n) is 3.48. The van der Waals surface area contributed by atoms with Crippen LogP contribution in [-0.2, 0) is 4.74 Å². The Balaban J connectivity index is 1.71. The molecule has 1 atom stereocenters. The van der Waals surface area contributed by atoms with Gasteiger partial charge < -0.3 is 20.1 Å². The Morgan fingerprint density at radius 3 is 2.95 bits per heavy atom. The van der Waals surface area contributed by atoms with Gasteiger partial charge in [0, 0.05) is 25.4 Å². The molecule has 1 aliphatic rings. The van der Waals surface area contributed by atoms with Crippen molar-refractivity contribution in [2.75, 3.05) is 25.4 Å².